The van der Waals surface area contributed by atoms with Gasteiger partial charge in [-0.3, -0.25) is 9.36 Å². The van der Waals surface area contributed by atoms with E-state index in [1.165, 1.54) is 16.7 Å². The number of hydrogen-bond acceptors (Lipinski definition) is 5. The molecule has 1 spiro atoms. The van der Waals surface area contributed by atoms with Gasteiger partial charge in [-0.05, 0) is 43.1 Å². The first-order valence-corrected chi connectivity index (χ1v) is 10.1. The third kappa shape index (κ3) is 3.10. The largest absolute Gasteiger partial charge is 0.383 e. The van der Waals surface area contributed by atoms with Crippen LogP contribution < -0.4 is 21.9 Å². The van der Waals surface area contributed by atoms with Crippen LogP contribution in [0, 0.1) is 23.0 Å². The predicted octanol–water partition coefficient (Wildman–Crippen LogP) is 2.65. The lowest BCUT2D eigenvalue weighted by molar-refractivity contribution is 0.185. The molecule has 1 aliphatic heterocycles. The molecule has 1 saturated carbocycles. The fraction of sp³-hybridized carbons (Fsp3) is 0.524. The van der Waals surface area contributed by atoms with Crippen molar-refractivity contribution in [1.82, 2.24) is 9.55 Å². The fourth-order valence-corrected chi connectivity index (χ4v) is 5.04. The van der Waals surface area contributed by atoms with E-state index in [1.807, 2.05) is 4.90 Å². The molecule has 2 heterocycles. The zero-order valence-electron chi connectivity index (χ0n) is 16.8. The first-order chi connectivity index (χ1) is 13.7. The molecule has 1 aromatic heterocycles. The lowest BCUT2D eigenvalue weighted by Gasteiger charge is -2.43. The van der Waals surface area contributed by atoms with Crippen LogP contribution in [0.3, 0.4) is 0 Å². The predicted molar refractivity (Wildman–Crippen MR) is 109 cm³/mol. The third-order valence-electron chi connectivity index (χ3n) is 6.98. The monoisotopic (exact) mass is 403 g/mol. The van der Waals surface area contributed by atoms with Gasteiger partial charge in [0.15, 0.2) is 11.6 Å². The van der Waals surface area contributed by atoms with Crippen LogP contribution in [-0.4, -0.2) is 28.7 Å². The molecular weight excluding hydrogens is 376 g/mol. The van der Waals surface area contributed by atoms with Gasteiger partial charge in [-0.1, -0.05) is 19.1 Å². The van der Waals surface area contributed by atoms with Crippen LogP contribution in [0.25, 0.3) is 11.1 Å². The number of aromatic nitrogens is 2. The maximum Gasteiger partial charge on any atom is 0.264 e. The van der Waals surface area contributed by atoms with Crippen molar-refractivity contribution in [2.45, 2.75) is 38.6 Å². The van der Waals surface area contributed by atoms with Crippen LogP contribution in [0.2, 0.25) is 0 Å². The Balaban J connectivity index is 1.66. The molecule has 8 heteroatoms. The minimum atomic E-state index is -1.10. The number of benzene rings is 1. The number of piperidine rings is 1. The normalized spacial score (nSPS) is 23.7. The second-order valence-corrected chi connectivity index (χ2v) is 8.53. The van der Waals surface area contributed by atoms with Gasteiger partial charge in [-0.2, -0.15) is 4.98 Å². The second-order valence-electron chi connectivity index (χ2n) is 8.53. The highest BCUT2D eigenvalue weighted by Gasteiger charge is 2.46. The molecule has 156 valence electrons. The van der Waals surface area contributed by atoms with Crippen molar-refractivity contribution in [3.05, 3.63) is 40.2 Å². The Morgan fingerprint density at radius 3 is 2.52 bits per heavy atom. The van der Waals surface area contributed by atoms with Crippen molar-refractivity contribution in [2.24, 2.45) is 24.1 Å². The Morgan fingerprint density at radius 1 is 1.21 bits per heavy atom. The Kier molecular flexibility index (Phi) is 4.85. The summed E-state index contributed by atoms with van der Waals surface area (Å²) < 4.78 is 29.2. The molecule has 2 atom stereocenters. The molecule has 4 rings (SSSR count). The first kappa shape index (κ1) is 19.8. The SMILES string of the molecule is C[C@@H]1CCC2(CCN(c3nc(N)c(-c4cccc(F)c4F)c(=O)n3C)CC2)[C@@H]1N. The summed E-state index contributed by atoms with van der Waals surface area (Å²) in [5, 5.41) is 0. The maximum atomic E-state index is 14.2. The van der Waals surface area contributed by atoms with Crippen LogP contribution in [0.1, 0.15) is 32.6 Å². The zero-order chi connectivity index (χ0) is 20.9. The molecule has 2 aromatic rings. The second kappa shape index (κ2) is 7.09. The first-order valence-electron chi connectivity index (χ1n) is 10.1. The van der Waals surface area contributed by atoms with Crippen molar-refractivity contribution in [1.29, 1.82) is 0 Å². The summed E-state index contributed by atoms with van der Waals surface area (Å²) >= 11 is 0. The number of anilines is 2. The summed E-state index contributed by atoms with van der Waals surface area (Å²) in [4.78, 5) is 19.4. The van der Waals surface area contributed by atoms with Crippen LogP contribution in [0.15, 0.2) is 23.0 Å². The summed E-state index contributed by atoms with van der Waals surface area (Å²) in [6, 6.07) is 3.88. The minimum Gasteiger partial charge on any atom is -0.383 e. The van der Waals surface area contributed by atoms with Gasteiger partial charge in [-0.15, -0.1) is 0 Å². The van der Waals surface area contributed by atoms with Gasteiger partial charge in [0.05, 0.1) is 5.56 Å². The maximum absolute atomic E-state index is 14.2. The van der Waals surface area contributed by atoms with Crippen LogP contribution in [-0.2, 0) is 7.05 Å². The molecule has 0 radical (unpaired) electrons. The van der Waals surface area contributed by atoms with Gasteiger partial charge in [0, 0.05) is 31.7 Å². The quantitative estimate of drug-likeness (QED) is 0.805. The smallest absolute Gasteiger partial charge is 0.264 e. The van der Waals surface area contributed by atoms with Crippen molar-refractivity contribution < 1.29 is 8.78 Å². The summed E-state index contributed by atoms with van der Waals surface area (Å²) in [7, 11) is 1.58. The summed E-state index contributed by atoms with van der Waals surface area (Å²) in [6.45, 7) is 3.67. The molecule has 2 aliphatic rings. The molecule has 1 aromatic carbocycles. The summed E-state index contributed by atoms with van der Waals surface area (Å²) in [5.41, 5.74) is 11.9. The molecule has 0 bridgehead atoms. The number of nitrogens with two attached hydrogens (primary N) is 2. The molecule has 0 unspecified atom stereocenters. The van der Waals surface area contributed by atoms with Crippen molar-refractivity contribution in [3.8, 4) is 11.1 Å². The molecular formula is C21H27F2N5O. The lowest BCUT2D eigenvalue weighted by atomic mass is 9.73. The average molecular weight is 403 g/mol. The van der Waals surface area contributed by atoms with Crippen molar-refractivity contribution in [3.63, 3.8) is 0 Å². The van der Waals surface area contributed by atoms with E-state index in [9.17, 15) is 13.6 Å². The van der Waals surface area contributed by atoms with Crippen LogP contribution >= 0.6 is 0 Å². The molecule has 29 heavy (non-hydrogen) atoms. The number of rotatable bonds is 2. The minimum absolute atomic E-state index is 0.0981. The van der Waals surface area contributed by atoms with E-state index in [0.717, 1.165) is 44.8 Å². The fourth-order valence-electron chi connectivity index (χ4n) is 5.04. The molecule has 1 saturated heterocycles. The highest BCUT2D eigenvalue weighted by Crippen LogP contribution is 2.48. The van der Waals surface area contributed by atoms with E-state index in [4.69, 9.17) is 11.5 Å². The molecule has 2 fully saturated rings. The van der Waals surface area contributed by atoms with E-state index >= 15 is 0 Å². The number of nitrogens with zero attached hydrogens (tertiary/aromatic N) is 3. The van der Waals surface area contributed by atoms with E-state index in [-0.39, 0.29) is 28.4 Å². The Hall–Kier alpha value is -2.48. The number of halogens is 2. The van der Waals surface area contributed by atoms with Crippen LogP contribution in [0.5, 0.6) is 0 Å². The molecule has 1 aliphatic carbocycles. The van der Waals surface area contributed by atoms with Gasteiger partial charge in [0.25, 0.3) is 5.56 Å². The van der Waals surface area contributed by atoms with Crippen molar-refractivity contribution >= 4 is 11.8 Å². The van der Waals surface area contributed by atoms with Crippen LogP contribution in [0.4, 0.5) is 20.5 Å². The molecule has 6 nitrogen and oxygen atoms in total. The zero-order valence-corrected chi connectivity index (χ0v) is 16.8. The summed E-state index contributed by atoms with van der Waals surface area (Å²) in [6.07, 6.45) is 4.16. The van der Waals surface area contributed by atoms with Gasteiger partial charge < -0.3 is 16.4 Å². The van der Waals surface area contributed by atoms with Gasteiger partial charge in [0.1, 0.15) is 5.82 Å². The molecule has 0 amide bonds. The number of hydrogen-bond donors (Lipinski definition) is 2. The lowest BCUT2D eigenvalue weighted by Crippen LogP contribution is -2.49. The van der Waals surface area contributed by atoms with E-state index in [0.29, 0.717) is 11.9 Å². The average Bonchev–Trinajstić information content (AvgIpc) is 2.97. The van der Waals surface area contributed by atoms with E-state index in [1.54, 1.807) is 7.05 Å². The van der Waals surface area contributed by atoms with Gasteiger partial charge in [-0.25, -0.2) is 8.78 Å². The van der Waals surface area contributed by atoms with Gasteiger partial charge >= 0.3 is 0 Å². The Labute approximate surface area is 168 Å². The Bertz CT molecular complexity index is 997. The third-order valence-corrected chi connectivity index (χ3v) is 6.98. The van der Waals surface area contributed by atoms with E-state index < -0.39 is 17.2 Å². The summed E-state index contributed by atoms with van der Waals surface area (Å²) in [5.74, 6) is -1.26. The Morgan fingerprint density at radius 2 is 1.90 bits per heavy atom. The van der Waals surface area contributed by atoms with E-state index in [2.05, 4.69) is 11.9 Å². The highest BCUT2D eigenvalue weighted by atomic mass is 19.2. The number of nitrogen functional groups attached to an aromatic ring is 1. The van der Waals surface area contributed by atoms with Crippen molar-refractivity contribution in [2.75, 3.05) is 23.7 Å². The molecule has 4 N–H and O–H groups in total. The standard InChI is InChI=1S/C21H27F2N5O/c1-12-6-7-21(17(12)24)8-10-28(11-9-21)20-26-18(25)15(19(29)27(20)2)13-4-3-5-14(22)16(13)23/h3-5,12,17H,6-11,24-25H2,1-2H3/t12-,17-/m1/s1. The topological polar surface area (TPSA) is 90.2 Å². The van der Waals surface area contributed by atoms with Gasteiger partial charge in [0.2, 0.25) is 5.95 Å². The highest BCUT2D eigenvalue weighted by molar-refractivity contribution is 5.74.